The number of carbonyl (C=O) groups is 1. The van der Waals surface area contributed by atoms with Crippen LogP contribution in [0.15, 0.2) is 12.4 Å². The van der Waals surface area contributed by atoms with Crippen molar-refractivity contribution in [2.45, 2.75) is 19.3 Å². The Balaban J connectivity index is 2.21. The van der Waals surface area contributed by atoms with Crippen LogP contribution >= 0.6 is 0 Å². The van der Waals surface area contributed by atoms with Crippen LogP contribution in [0.1, 0.15) is 19.3 Å². The number of amides is 1. The Morgan fingerprint density at radius 2 is 2.07 bits per heavy atom. The third-order valence-corrected chi connectivity index (χ3v) is 1.87. The quantitative estimate of drug-likeness (QED) is 0.577. The predicted octanol–water partition coefficient (Wildman–Crippen LogP) is 0.126. The fourth-order valence-electron chi connectivity index (χ4n) is 1.12. The lowest BCUT2D eigenvalue weighted by atomic mass is 10.2. The van der Waals surface area contributed by atoms with E-state index in [1.54, 1.807) is 6.20 Å². The van der Waals surface area contributed by atoms with Gasteiger partial charge < -0.3 is 16.8 Å². The van der Waals surface area contributed by atoms with Crippen LogP contribution in [0.3, 0.4) is 0 Å². The summed E-state index contributed by atoms with van der Waals surface area (Å²) >= 11 is 0. The van der Waals surface area contributed by atoms with Crippen LogP contribution in [0.25, 0.3) is 0 Å². The summed E-state index contributed by atoms with van der Waals surface area (Å²) in [6.07, 6.45) is 5.13. The molecule has 0 aliphatic carbocycles. The fraction of sp³-hybridized carbons (Fsp3) is 0.444. The first-order valence-electron chi connectivity index (χ1n) is 4.79. The zero-order chi connectivity index (χ0) is 11.1. The molecule has 0 atom stereocenters. The maximum atomic E-state index is 10.4. The van der Waals surface area contributed by atoms with Crippen molar-refractivity contribution >= 4 is 17.5 Å². The second-order valence-electron chi connectivity index (χ2n) is 3.14. The summed E-state index contributed by atoms with van der Waals surface area (Å²) < 4.78 is 0. The van der Waals surface area contributed by atoms with Gasteiger partial charge in [-0.2, -0.15) is 0 Å². The third-order valence-electron chi connectivity index (χ3n) is 1.87. The van der Waals surface area contributed by atoms with Gasteiger partial charge in [0, 0.05) is 25.4 Å². The van der Waals surface area contributed by atoms with Crippen LogP contribution in [0.5, 0.6) is 0 Å². The maximum absolute atomic E-state index is 10.4. The SMILES string of the molecule is NC(=O)CCCCNc1nccnc1N. The summed E-state index contributed by atoms with van der Waals surface area (Å²) in [5, 5.41) is 3.04. The van der Waals surface area contributed by atoms with Gasteiger partial charge in [-0.3, -0.25) is 4.79 Å². The molecule has 15 heavy (non-hydrogen) atoms. The molecule has 0 aliphatic rings. The van der Waals surface area contributed by atoms with E-state index in [4.69, 9.17) is 11.5 Å². The van der Waals surface area contributed by atoms with Gasteiger partial charge in [-0.25, -0.2) is 9.97 Å². The van der Waals surface area contributed by atoms with Gasteiger partial charge >= 0.3 is 0 Å². The molecule has 1 rings (SSSR count). The number of primary amides is 1. The van der Waals surface area contributed by atoms with Gasteiger partial charge in [0.1, 0.15) is 0 Å². The lowest BCUT2D eigenvalue weighted by molar-refractivity contribution is -0.118. The van der Waals surface area contributed by atoms with Crippen molar-refractivity contribution in [1.82, 2.24) is 9.97 Å². The number of carbonyl (C=O) groups excluding carboxylic acids is 1. The second-order valence-corrected chi connectivity index (χ2v) is 3.14. The van der Waals surface area contributed by atoms with Crippen LogP contribution in [-0.2, 0) is 4.79 Å². The topological polar surface area (TPSA) is 107 Å². The number of hydrogen-bond acceptors (Lipinski definition) is 5. The van der Waals surface area contributed by atoms with Crippen molar-refractivity contribution in [1.29, 1.82) is 0 Å². The Bertz CT molecular complexity index is 328. The zero-order valence-electron chi connectivity index (χ0n) is 8.44. The van der Waals surface area contributed by atoms with Gasteiger partial charge in [0.2, 0.25) is 5.91 Å². The minimum Gasteiger partial charge on any atom is -0.381 e. The summed E-state index contributed by atoms with van der Waals surface area (Å²) in [6, 6.07) is 0. The monoisotopic (exact) mass is 209 g/mol. The second kappa shape index (κ2) is 5.79. The van der Waals surface area contributed by atoms with Crippen LogP contribution in [0.4, 0.5) is 11.6 Å². The molecule has 0 spiro atoms. The Morgan fingerprint density at radius 3 is 2.73 bits per heavy atom. The molecule has 0 unspecified atom stereocenters. The molecule has 0 radical (unpaired) electrons. The van der Waals surface area contributed by atoms with Crippen LogP contribution < -0.4 is 16.8 Å². The molecular formula is C9H15N5O. The van der Waals surface area contributed by atoms with Gasteiger partial charge in [0.25, 0.3) is 0 Å². The highest BCUT2D eigenvalue weighted by Gasteiger charge is 1.99. The molecule has 6 heteroatoms. The number of rotatable bonds is 6. The van der Waals surface area contributed by atoms with Gasteiger partial charge in [-0.15, -0.1) is 0 Å². The van der Waals surface area contributed by atoms with E-state index in [1.807, 2.05) is 0 Å². The normalized spacial score (nSPS) is 9.87. The molecule has 1 heterocycles. The molecule has 6 nitrogen and oxygen atoms in total. The first kappa shape index (κ1) is 11.2. The van der Waals surface area contributed by atoms with Gasteiger partial charge in [0.15, 0.2) is 11.6 Å². The van der Waals surface area contributed by atoms with Crippen molar-refractivity contribution in [3.05, 3.63) is 12.4 Å². The average molecular weight is 209 g/mol. The molecule has 0 aliphatic heterocycles. The molecule has 1 aromatic rings. The van der Waals surface area contributed by atoms with E-state index >= 15 is 0 Å². The van der Waals surface area contributed by atoms with E-state index < -0.39 is 0 Å². The molecule has 0 aromatic carbocycles. The Morgan fingerprint density at radius 1 is 1.33 bits per heavy atom. The highest BCUT2D eigenvalue weighted by Crippen LogP contribution is 2.09. The van der Waals surface area contributed by atoms with Crippen molar-refractivity contribution in [3.8, 4) is 0 Å². The first-order chi connectivity index (χ1) is 7.20. The molecule has 1 amide bonds. The van der Waals surface area contributed by atoms with Crippen molar-refractivity contribution < 1.29 is 4.79 Å². The Labute approximate surface area is 88.1 Å². The zero-order valence-corrected chi connectivity index (χ0v) is 8.44. The minimum atomic E-state index is -0.269. The fourth-order valence-corrected chi connectivity index (χ4v) is 1.12. The number of aromatic nitrogens is 2. The predicted molar refractivity (Wildman–Crippen MR) is 58.0 cm³/mol. The first-order valence-corrected chi connectivity index (χ1v) is 4.79. The van der Waals surface area contributed by atoms with Gasteiger partial charge in [-0.1, -0.05) is 0 Å². The van der Waals surface area contributed by atoms with Gasteiger partial charge in [-0.05, 0) is 12.8 Å². The molecule has 0 saturated heterocycles. The summed E-state index contributed by atoms with van der Waals surface area (Å²) in [5.41, 5.74) is 10.6. The Kier molecular flexibility index (Phi) is 4.33. The van der Waals surface area contributed by atoms with Crippen LogP contribution in [-0.4, -0.2) is 22.4 Å². The average Bonchev–Trinajstić information content (AvgIpc) is 2.20. The van der Waals surface area contributed by atoms with Crippen molar-refractivity contribution in [3.63, 3.8) is 0 Å². The molecule has 1 aromatic heterocycles. The number of hydrogen-bond donors (Lipinski definition) is 3. The largest absolute Gasteiger partial charge is 0.381 e. The number of unbranched alkanes of at least 4 members (excludes halogenated alkanes) is 1. The lowest BCUT2D eigenvalue weighted by Gasteiger charge is -2.05. The number of nitrogens with two attached hydrogens (primary N) is 2. The third kappa shape index (κ3) is 4.26. The van der Waals surface area contributed by atoms with E-state index in [-0.39, 0.29) is 5.91 Å². The van der Waals surface area contributed by atoms with E-state index in [9.17, 15) is 4.79 Å². The highest BCUT2D eigenvalue weighted by atomic mass is 16.1. The standard InChI is InChI=1S/C9H15N5O/c10-7(15)3-1-2-4-13-9-8(11)12-5-6-14-9/h5-6H,1-4H2,(H2,10,15)(H2,11,12)(H,13,14). The minimum absolute atomic E-state index is 0.269. The number of nitrogens with zero attached hydrogens (tertiary/aromatic N) is 2. The van der Waals surface area contributed by atoms with E-state index in [1.165, 1.54) is 6.20 Å². The number of nitrogens with one attached hydrogen (secondary N) is 1. The Hall–Kier alpha value is -1.85. The van der Waals surface area contributed by atoms with E-state index in [0.29, 0.717) is 24.6 Å². The smallest absolute Gasteiger partial charge is 0.217 e. The van der Waals surface area contributed by atoms with E-state index in [0.717, 1.165) is 12.8 Å². The summed E-state index contributed by atoms with van der Waals surface area (Å²) in [5.74, 6) is 0.693. The summed E-state index contributed by atoms with van der Waals surface area (Å²) in [6.45, 7) is 0.705. The molecule has 0 saturated carbocycles. The molecular weight excluding hydrogens is 194 g/mol. The molecule has 0 bridgehead atoms. The molecule has 5 N–H and O–H groups in total. The van der Waals surface area contributed by atoms with Crippen molar-refractivity contribution in [2.75, 3.05) is 17.6 Å². The molecule has 0 fully saturated rings. The van der Waals surface area contributed by atoms with Crippen LogP contribution in [0, 0.1) is 0 Å². The lowest BCUT2D eigenvalue weighted by Crippen LogP contribution is -2.11. The number of nitrogen functional groups attached to an aromatic ring is 1. The van der Waals surface area contributed by atoms with Crippen molar-refractivity contribution in [2.24, 2.45) is 5.73 Å². The van der Waals surface area contributed by atoms with Crippen LogP contribution in [0.2, 0.25) is 0 Å². The summed E-state index contributed by atoms with van der Waals surface area (Å²) in [7, 11) is 0. The molecule has 82 valence electrons. The number of anilines is 2. The van der Waals surface area contributed by atoms with E-state index in [2.05, 4.69) is 15.3 Å². The maximum Gasteiger partial charge on any atom is 0.217 e. The highest BCUT2D eigenvalue weighted by molar-refractivity contribution is 5.73. The van der Waals surface area contributed by atoms with Gasteiger partial charge in [0.05, 0.1) is 0 Å². The summed E-state index contributed by atoms with van der Waals surface area (Å²) in [4.78, 5) is 18.4.